The summed E-state index contributed by atoms with van der Waals surface area (Å²) in [6.45, 7) is 0. The number of amides is 2. The number of carbonyl (C=O) groups is 2. The molecule has 0 radical (unpaired) electrons. The average Bonchev–Trinajstić information content (AvgIpc) is 3.22. The van der Waals surface area contributed by atoms with Crippen molar-refractivity contribution in [1.29, 1.82) is 0 Å². The van der Waals surface area contributed by atoms with Gasteiger partial charge in [0.05, 0.1) is 20.4 Å². The Labute approximate surface area is 170 Å². The minimum absolute atomic E-state index is 0.211. The van der Waals surface area contributed by atoms with Gasteiger partial charge in [-0.25, -0.2) is 5.43 Å². The van der Waals surface area contributed by atoms with E-state index in [2.05, 4.69) is 26.0 Å². The Morgan fingerprint density at radius 1 is 1.03 bits per heavy atom. The molecule has 3 aromatic rings. The first-order chi connectivity index (χ1) is 14.1. The van der Waals surface area contributed by atoms with E-state index in [4.69, 9.17) is 9.47 Å². The summed E-state index contributed by atoms with van der Waals surface area (Å²) in [4.78, 5) is 24.0. The summed E-state index contributed by atoms with van der Waals surface area (Å²) in [5.41, 5.74) is 3.60. The molecular weight excluding hydrogens is 394 g/mol. The highest BCUT2D eigenvalue weighted by atomic mass is 32.1. The number of methoxy groups -OCH3 is 2. The van der Waals surface area contributed by atoms with Crippen LogP contribution in [-0.2, 0) is 9.59 Å². The van der Waals surface area contributed by atoms with E-state index < -0.39 is 11.8 Å². The van der Waals surface area contributed by atoms with Crippen molar-refractivity contribution in [2.45, 2.75) is 0 Å². The van der Waals surface area contributed by atoms with Crippen LogP contribution in [0.3, 0.4) is 0 Å². The predicted octanol–water partition coefficient (Wildman–Crippen LogP) is 2.31. The molecule has 0 bridgehead atoms. The summed E-state index contributed by atoms with van der Waals surface area (Å²) in [5.74, 6) is -0.715. The van der Waals surface area contributed by atoms with Crippen molar-refractivity contribution in [3.05, 3.63) is 54.1 Å². The number of aromatic nitrogens is 2. The second kappa shape index (κ2) is 9.42. The third-order valence-electron chi connectivity index (χ3n) is 3.68. The van der Waals surface area contributed by atoms with Crippen LogP contribution in [-0.4, -0.2) is 42.4 Å². The maximum absolute atomic E-state index is 12.0. The van der Waals surface area contributed by atoms with Crippen LogP contribution in [0.15, 0.2) is 53.6 Å². The number of rotatable bonds is 6. The molecule has 0 atom stereocenters. The quantitative estimate of drug-likeness (QED) is 0.365. The van der Waals surface area contributed by atoms with Crippen LogP contribution in [0.25, 0.3) is 10.6 Å². The summed E-state index contributed by atoms with van der Waals surface area (Å²) in [6, 6.07) is 14.5. The summed E-state index contributed by atoms with van der Waals surface area (Å²) >= 11 is 1.16. The van der Waals surface area contributed by atoms with Crippen molar-refractivity contribution in [3.63, 3.8) is 0 Å². The number of anilines is 1. The van der Waals surface area contributed by atoms with Crippen LogP contribution in [0.5, 0.6) is 11.5 Å². The highest BCUT2D eigenvalue weighted by Crippen LogP contribution is 2.25. The lowest BCUT2D eigenvalue weighted by molar-refractivity contribution is -0.136. The normalized spacial score (nSPS) is 10.6. The average molecular weight is 411 g/mol. The van der Waals surface area contributed by atoms with Gasteiger partial charge in [-0.2, -0.15) is 5.10 Å². The van der Waals surface area contributed by atoms with Gasteiger partial charge in [-0.1, -0.05) is 41.7 Å². The molecular formula is C19H17N5O4S. The van der Waals surface area contributed by atoms with Gasteiger partial charge >= 0.3 is 11.8 Å². The molecule has 3 rings (SSSR count). The van der Waals surface area contributed by atoms with E-state index in [0.717, 1.165) is 16.9 Å². The van der Waals surface area contributed by atoms with Gasteiger partial charge in [-0.05, 0) is 18.2 Å². The van der Waals surface area contributed by atoms with E-state index >= 15 is 0 Å². The molecule has 10 heteroatoms. The zero-order valence-corrected chi connectivity index (χ0v) is 16.4. The Balaban J connectivity index is 1.60. The van der Waals surface area contributed by atoms with Crippen molar-refractivity contribution in [1.82, 2.24) is 15.6 Å². The molecule has 2 N–H and O–H groups in total. The Morgan fingerprint density at radius 3 is 2.55 bits per heavy atom. The fraction of sp³-hybridized carbons (Fsp3) is 0.105. The third kappa shape index (κ3) is 5.14. The lowest BCUT2D eigenvalue weighted by atomic mass is 10.2. The maximum Gasteiger partial charge on any atom is 0.329 e. The van der Waals surface area contributed by atoms with E-state index in [0.29, 0.717) is 22.1 Å². The van der Waals surface area contributed by atoms with Crippen molar-refractivity contribution in [2.24, 2.45) is 5.10 Å². The summed E-state index contributed by atoms with van der Waals surface area (Å²) in [6.07, 6.45) is 1.35. The first-order valence-corrected chi connectivity index (χ1v) is 9.17. The lowest BCUT2D eigenvalue weighted by Gasteiger charge is -2.06. The first kappa shape index (κ1) is 20.0. The highest BCUT2D eigenvalue weighted by molar-refractivity contribution is 7.18. The monoisotopic (exact) mass is 411 g/mol. The molecule has 2 amide bonds. The van der Waals surface area contributed by atoms with Crippen molar-refractivity contribution in [3.8, 4) is 22.1 Å². The number of hydrazone groups is 1. The summed E-state index contributed by atoms with van der Waals surface area (Å²) in [5, 5.41) is 14.9. The van der Waals surface area contributed by atoms with Crippen molar-refractivity contribution < 1.29 is 19.1 Å². The number of carbonyl (C=O) groups excluding carboxylic acids is 2. The fourth-order valence-electron chi connectivity index (χ4n) is 2.28. The van der Waals surface area contributed by atoms with Crippen molar-refractivity contribution in [2.75, 3.05) is 19.5 Å². The molecule has 1 heterocycles. The Bertz CT molecular complexity index is 1040. The second-order valence-corrected chi connectivity index (χ2v) is 6.52. The molecule has 0 saturated carbocycles. The highest BCUT2D eigenvalue weighted by Gasteiger charge is 2.16. The van der Waals surface area contributed by atoms with Gasteiger partial charge < -0.3 is 9.47 Å². The maximum atomic E-state index is 12.0. The molecule has 0 spiro atoms. The topological polar surface area (TPSA) is 115 Å². The van der Waals surface area contributed by atoms with Gasteiger partial charge in [0, 0.05) is 11.1 Å². The van der Waals surface area contributed by atoms with E-state index in [-0.39, 0.29) is 5.13 Å². The molecule has 0 aliphatic rings. The molecule has 148 valence electrons. The minimum Gasteiger partial charge on any atom is -0.497 e. The smallest absolute Gasteiger partial charge is 0.329 e. The number of hydrogen-bond acceptors (Lipinski definition) is 8. The first-order valence-electron chi connectivity index (χ1n) is 8.36. The van der Waals surface area contributed by atoms with Gasteiger partial charge in [0.25, 0.3) is 0 Å². The molecule has 0 fully saturated rings. The van der Waals surface area contributed by atoms with Crippen LogP contribution in [0.2, 0.25) is 0 Å². The molecule has 9 nitrogen and oxygen atoms in total. The molecule has 0 saturated heterocycles. The SMILES string of the molecule is COc1ccc(OC)c(/C=N/NC(=O)C(=O)Nc2nnc(-c3ccccc3)s2)c1. The number of nitrogens with one attached hydrogen (secondary N) is 2. The van der Waals surface area contributed by atoms with Crippen LogP contribution < -0.4 is 20.2 Å². The standard InChI is InChI=1S/C19H17N5O4S/c1-27-14-8-9-15(28-2)13(10-14)11-20-22-17(26)16(25)21-19-24-23-18(29-19)12-6-4-3-5-7-12/h3-11H,1-2H3,(H,22,26)(H,21,24,25)/b20-11+. The largest absolute Gasteiger partial charge is 0.497 e. The minimum atomic E-state index is -0.945. The van der Waals surface area contributed by atoms with Crippen LogP contribution in [0, 0.1) is 0 Å². The second-order valence-electron chi connectivity index (χ2n) is 5.54. The van der Waals surface area contributed by atoms with Crippen LogP contribution in [0.1, 0.15) is 5.56 Å². The number of benzene rings is 2. The van der Waals surface area contributed by atoms with Gasteiger partial charge in [-0.3, -0.25) is 14.9 Å². The Morgan fingerprint density at radius 2 is 1.83 bits per heavy atom. The summed E-state index contributed by atoms with van der Waals surface area (Å²) < 4.78 is 10.4. The molecule has 29 heavy (non-hydrogen) atoms. The molecule has 1 aromatic heterocycles. The van der Waals surface area contributed by atoms with Crippen molar-refractivity contribution >= 4 is 34.5 Å². The van der Waals surface area contributed by atoms with E-state index in [9.17, 15) is 9.59 Å². The van der Waals surface area contributed by atoms with Gasteiger partial charge in [-0.15, -0.1) is 10.2 Å². The van der Waals surface area contributed by atoms with Crippen LogP contribution >= 0.6 is 11.3 Å². The number of nitrogens with zero attached hydrogens (tertiary/aromatic N) is 3. The lowest BCUT2D eigenvalue weighted by Crippen LogP contribution is -2.32. The predicted molar refractivity (Wildman–Crippen MR) is 109 cm³/mol. The van der Waals surface area contributed by atoms with E-state index in [1.165, 1.54) is 20.4 Å². The number of hydrogen-bond donors (Lipinski definition) is 2. The molecule has 0 unspecified atom stereocenters. The molecule has 0 aliphatic heterocycles. The molecule has 0 aliphatic carbocycles. The third-order valence-corrected chi connectivity index (χ3v) is 4.57. The Hall–Kier alpha value is -3.79. The molecule has 2 aromatic carbocycles. The number of ether oxygens (including phenoxy) is 2. The van der Waals surface area contributed by atoms with Crippen LogP contribution in [0.4, 0.5) is 5.13 Å². The Kier molecular flexibility index (Phi) is 6.48. The zero-order valence-electron chi connectivity index (χ0n) is 15.6. The van der Waals surface area contributed by atoms with Gasteiger partial charge in [0.1, 0.15) is 16.5 Å². The zero-order chi connectivity index (χ0) is 20.6. The fourth-order valence-corrected chi connectivity index (χ4v) is 3.02. The van der Waals surface area contributed by atoms with Gasteiger partial charge in [0.15, 0.2) is 0 Å². The summed E-state index contributed by atoms with van der Waals surface area (Å²) in [7, 11) is 3.04. The van der Waals surface area contributed by atoms with E-state index in [1.54, 1.807) is 18.2 Å². The van der Waals surface area contributed by atoms with E-state index in [1.807, 2.05) is 30.3 Å². The van der Waals surface area contributed by atoms with Gasteiger partial charge in [0.2, 0.25) is 5.13 Å².